The van der Waals surface area contributed by atoms with E-state index in [1.807, 2.05) is 13.8 Å². The summed E-state index contributed by atoms with van der Waals surface area (Å²) >= 11 is 6.15. The molecule has 0 aliphatic rings. The van der Waals surface area contributed by atoms with Gasteiger partial charge < -0.3 is 9.47 Å². The van der Waals surface area contributed by atoms with Crippen molar-refractivity contribution >= 4 is 23.4 Å². The highest BCUT2D eigenvalue weighted by Gasteiger charge is 2.22. The van der Waals surface area contributed by atoms with Crippen molar-refractivity contribution in [1.82, 2.24) is 0 Å². The highest BCUT2D eigenvalue weighted by atomic mass is 35.5. The fourth-order valence-corrected chi connectivity index (χ4v) is 2.20. The molecule has 0 saturated carbocycles. The molecule has 0 unspecified atom stereocenters. The monoisotopic (exact) mass is 284 g/mol. The number of carbonyl (C=O) groups excluding carboxylic acids is 2. The number of benzene rings is 1. The average molecular weight is 285 g/mol. The van der Waals surface area contributed by atoms with E-state index < -0.39 is 11.8 Å². The largest absolute Gasteiger partial charge is 0.496 e. The molecule has 104 valence electrons. The number of rotatable bonds is 5. The molecule has 0 aromatic heterocycles. The molecule has 4 nitrogen and oxygen atoms in total. The minimum absolute atomic E-state index is 0.147. The SMILES string of the molecule is CCOC(=O)C(=O)c1cc(Cl)c(C(C)C)c(OC)c1. The van der Waals surface area contributed by atoms with E-state index in [-0.39, 0.29) is 18.1 Å². The van der Waals surface area contributed by atoms with Crippen molar-refractivity contribution in [2.75, 3.05) is 13.7 Å². The van der Waals surface area contributed by atoms with E-state index in [1.165, 1.54) is 19.2 Å². The van der Waals surface area contributed by atoms with Crippen LogP contribution in [-0.4, -0.2) is 25.5 Å². The molecule has 0 saturated heterocycles. The van der Waals surface area contributed by atoms with Crippen molar-refractivity contribution in [2.45, 2.75) is 26.7 Å². The van der Waals surface area contributed by atoms with Crippen molar-refractivity contribution < 1.29 is 19.1 Å². The van der Waals surface area contributed by atoms with Crippen molar-refractivity contribution in [3.63, 3.8) is 0 Å². The molecule has 0 aliphatic carbocycles. The maximum absolute atomic E-state index is 11.8. The van der Waals surface area contributed by atoms with Crippen molar-refractivity contribution in [3.05, 3.63) is 28.3 Å². The second-order valence-electron chi connectivity index (χ2n) is 4.28. The van der Waals surface area contributed by atoms with Gasteiger partial charge in [-0.05, 0) is 25.0 Å². The molecule has 0 heterocycles. The molecule has 0 spiro atoms. The van der Waals surface area contributed by atoms with Crippen LogP contribution >= 0.6 is 11.6 Å². The third-order valence-corrected chi connectivity index (χ3v) is 2.92. The Bertz CT molecular complexity index is 494. The van der Waals surface area contributed by atoms with Gasteiger partial charge in [0.25, 0.3) is 5.78 Å². The summed E-state index contributed by atoms with van der Waals surface area (Å²) in [6, 6.07) is 2.99. The van der Waals surface area contributed by atoms with E-state index in [0.29, 0.717) is 10.8 Å². The molecule has 1 aromatic carbocycles. The van der Waals surface area contributed by atoms with E-state index in [0.717, 1.165) is 5.56 Å². The summed E-state index contributed by atoms with van der Waals surface area (Å²) in [6.07, 6.45) is 0. The zero-order chi connectivity index (χ0) is 14.6. The zero-order valence-electron chi connectivity index (χ0n) is 11.5. The van der Waals surface area contributed by atoms with Crippen LogP contribution in [0.4, 0.5) is 0 Å². The second kappa shape index (κ2) is 6.57. The Labute approximate surface area is 117 Å². The zero-order valence-corrected chi connectivity index (χ0v) is 12.2. The van der Waals surface area contributed by atoms with Crippen LogP contribution in [0.2, 0.25) is 5.02 Å². The highest BCUT2D eigenvalue weighted by molar-refractivity contribution is 6.41. The second-order valence-corrected chi connectivity index (χ2v) is 4.69. The van der Waals surface area contributed by atoms with Crippen LogP contribution in [0.1, 0.15) is 42.6 Å². The maximum atomic E-state index is 11.8. The lowest BCUT2D eigenvalue weighted by molar-refractivity contribution is -0.137. The number of ketones is 1. The summed E-state index contributed by atoms with van der Waals surface area (Å²) < 4.78 is 9.91. The Morgan fingerprint density at radius 1 is 1.32 bits per heavy atom. The minimum Gasteiger partial charge on any atom is -0.496 e. The van der Waals surface area contributed by atoms with Crippen LogP contribution < -0.4 is 4.74 Å². The number of hydrogen-bond acceptors (Lipinski definition) is 4. The number of hydrogen-bond donors (Lipinski definition) is 0. The van der Waals surface area contributed by atoms with Gasteiger partial charge in [0.05, 0.1) is 13.7 Å². The first-order valence-electron chi connectivity index (χ1n) is 6.01. The molecule has 0 fully saturated rings. The Balaban J connectivity index is 3.22. The summed E-state index contributed by atoms with van der Waals surface area (Å²) in [5, 5.41) is 0.405. The number of esters is 1. The van der Waals surface area contributed by atoms with Crippen LogP contribution in [0, 0.1) is 0 Å². The molecule has 1 aromatic rings. The van der Waals surface area contributed by atoms with Gasteiger partial charge in [-0.2, -0.15) is 0 Å². The van der Waals surface area contributed by atoms with E-state index >= 15 is 0 Å². The van der Waals surface area contributed by atoms with E-state index in [4.69, 9.17) is 16.3 Å². The molecular weight excluding hydrogens is 268 g/mol. The molecule has 0 aliphatic heterocycles. The Kier molecular flexibility index (Phi) is 5.36. The van der Waals surface area contributed by atoms with Crippen LogP contribution in [0.5, 0.6) is 5.75 Å². The lowest BCUT2D eigenvalue weighted by Crippen LogP contribution is -2.17. The Morgan fingerprint density at radius 2 is 1.95 bits per heavy atom. The summed E-state index contributed by atoms with van der Waals surface area (Å²) in [7, 11) is 1.50. The lowest BCUT2D eigenvalue weighted by atomic mass is 9.98. The lowest BCUT2D eigenvalue weighted by Gasteiger charge is -2.15. The molecule has 19 heavy (non-hydrogen) atoms. The maximum Gasteiger partial charge on any atom is 0.379 e. The molecule has 0 N–H and O–H groups in total. The van der Waals surface area contributed by atoms with Crippen molar-refractivity contribution in [1.29, 1.82) is 0 Å². The van der Waals surface area contributed by atoms with Gasteiger partial charge in [-0.15, -0.1) is 0 Å². The summed E-state index contributed by atoms with van der Waals surface area (Å²) in [5.74, 6) is -0.973. The molecule has 0 bridgehead atoms. The number of halogens is 1. The topological polar surface area (TPSA) is 52.6 Å². The van der Waals surface area contributed by atoms with Crippen LogP contribution in [0.3, 0.4) is 0 Å². The third-order valence-electron chi connectivity index (χ3n) is 2.61. The van der Waals surface area contributed by atoms with Gasteiger partial charge >= 0.3 is 5.97 Å². The quantitative estimate of drug-likeness (QED) is 0.473. The molecule has 5 heteroatoms. The molecular formula is C14H17ClO4. The van der Waals surface area contributed by atoms with E-state index in [2.05, 4.69) is 4.74 Å². The number of methoxy groups -OCH3 is 1. The van der Waals surface area contributed by atoms with Gasteiger partial charge in [0.15, 0.2) is 0 Å². The first-order valence-corrected chi connectivity index (χ1v) is 6.39. The van der Waals surface area contributed by atoms with Crippen LogP contribution in [0.25, 0.3) is 0 Å². The first-order chi connectivity index (χ1) is 8.92. The predicted molar refractivity (Wildman–Crippen MR) is 73.1 cm³/mol. The smallest absolute Gasteiger partial charge is 0.379 e. The van der Waals surface area contributed by atoms with Crippen molar-refractivity contribution in [3.8, 4) is 5.75 Å². The van der Waals surface area contributed by atoms with Gasteiger partial charge in [0.1, 0.15) is 5.75 Å². The average Bonchev–Trinajstić information content (AvgIpc) is 2.36. The fourth-order valence-electron chi connectivity index (χ4n) is 1.77. The molecule has 0 radical (unpaired) electrons. The van der Waals surface area contributed by atoms with E-state index in [9.17, 15) is 9.59 Å². The third kappa shape index (κ3) is 3.47. The standard InChI is InChI=1S/C14H17ClO4/c1-5-19-14(17)13(16)9-6-10(15)12(8(2)3)11(7-9)18-4/h6-8H,5H2,1-4H3. The molecule has 0 atom stereocenters. The summed E-state index contributed by atoms with van der Waals surface area (Å²) in [4.78, 5) is 23.3. The Hall–Kier alpha value is -1.55. The fraction of sp³-hybridized carbons (Fsp3) is 0.429. The molecule has 0 amide bonds. The van der Waals surface area contributed by atoms with Gasteiger partial charge in [0.2, 0.25) is 0 Å². The summed E-state index contributed by atoms with van der Waals surface area (Å²) in [5.41, 5.74) is 0.981. The first kappa shape index (κ1) is 15.5. The van der Waals surface area contributed by atoms with Gasteiger partial charge in [-0.3, -0.25) is 4.79 Å². The van der Waals surface area contributed by atoms with Crippen LogP contribution in [0.15, 0.2) is 12.1 Å². The normalized spacial score (nSPS) is 10.4. The summed E-state index contributed by atoms with van der Waals surface area (Å²) in [6.45, 7) is 5.73. The van der Waals surface area contributed by atoms with E-state index in [1.54, 1.807) is 6.92 Å². The highest BCUT2D eigenvalue weighted by Crippen LogP contribution is 2.34. The predicted octanol–water partition coefficient (Wildman–Crippen LogP) is 3.22. The molecule has 1 rings (SSSR count). The Morgan fingerprint density at radius 3 is 2.42 bits per heavy atom. The van der Waals surface area contributed by atoms with Gasteiger partial charge in [-0.25, -0.2) is 4.79 Å². The number of ether oxygens (including phenoxy) is 2. The number of Topliss-reactive ketones (excluding diaryl/α,β-unsaturated/α-hetero) is 1. The van der Waals surface area contributed by atoms with Gasteiger partial charge in [0, 0.05) is 16.1 Å². The van der Waals surface area contributed by atoms with Crippen LogP contribution in [-0.2, 0) is 9.53 Å². The minimum atomic E-state index is -0.891. The van der Waals surface area contributed by atoms with Gasteiger partial charge in [-0.1, -0.05) is 25.4 Å². The number of carbonyl (C=O) groups is 2. The van der Waals surface area contributed by atoms with Crippen molar-refractivity contribution in [2.24, 2.45) is 0 Å².